The summed E-state index contributed by atoms with van der Waals surface area (Å²) in [5, 5.41) is 11.6. The molecule has 2 N–H and O–H groups in total. The van der Waals surface area contributed by atoms with Gasteiger partial charge in [0.2, 0.25) is 0 Å². The van der Waals surface area contributed by atoms with E-state index in [9.17, 15) is 9.59 Å². The van der Waals surface area contributed by atoms with E-state index in [1.807, 2.05) is 24.3 Å². The Labute approximate surface area is 179 Å². The lowest BCUT2D eigenvalue weighted by atomic mass is 9.98. The van der Waals surface area contributed by atoms with Gasteiger partial charge < -0.3 is 15.2 Å². The lowest BCUT2D eigenvalue weighted by molar-refractivity contribution is 0.0690. The first kappa shape index (κ1) is 20.2. The van der Waals surface area contributed by atoms with Gasteiger partial charge in [-0.1, -0.05) is 60.5 Å². The third kappa shape index (κ3) is 4.57. The number of benzene rings is 2. The minimum atomic E-state index is -1.10. The number of hydrogen-bond acceptors (Lipinski definition) is 4. The zero-order chi connectivity index (χ0) is 21.6. The molecule has 0 fully saturated rings. The molecule has 0 saturated heterocycles. The van der Waals surface area contributed by atoms with E-state index >= 15 is 0 Å². The number of rotatable bonds is 5. The van der Waals surface area contributed by atoms with Crippen LogP contribution in [0.4, 0.5) is 4.79 Å². The molecule has 0 spiro atoms. The van der Waals surface area contributed by atoms with Gasteiger partial charge in [-0.2, -0.15) is 0 Å². The number of amides is 1. The number of pyridine rings is 1. The normalized spacial score (nSPS) is 11.6. The van der Waals surface area contributed by atoms with Crippen molar-refractivity contribution in [3.8, 4) is 23.0 Å². The van der Waals surface area contributed by atoms with Crippen molar-refractivity contribution < 1.29 is 19.4 Å². The van der Waals surface area contributed by atoms with Crippen molar-refractivity contribution >= 4 is 12.1 Å². The largest absolute Gasteiger partial charge is 0.477 e. The number of carboxylic acids is 1. The van der Waals surface area contributed by atoms with Gasteiger partial charge >= 0.3 is 12.1 Å². The smallest absolute Gasteiger partial charge is 0.407 e. The molecule has 2 aromatic carbocycles. The highest BCUT2D eigenvalue weighted by Gasteiger charge is 2.28. The Morgan fingerprint density at radius 1 is 0.968 bits per heavy atom. The number of aromatic carboxylic acids is 1. The number of fused-ring (bicyclic) bond motifs is 3. The molecule has 0 bridgehead atoms. The summed E-state index contributed by atoms with van der Waals surface area (Å²) in [4.78, 5) is 27.0. The van der Waals surface area contributed by atoms with E-state index in [1.165, 1.54) is 28.3 Å². The standard InChI is InChI=1S/C25H20N2O4/c28-24(29)23-14-7-9-17(27-23)8-5-6-15-26-25(30)31-16-22-20-12-3-1-10-18(20)19-11-2-4-13-21(19)22/h1-4,7,9-14,22H,6,15-16H2,(H,26,30)(H,28,29). The molecular weight excluding hydrogens is 392 g/mol. The maximum absolute atomic E-state index is 12.1. The van der Waals surface area contributed by atoms with Gasteiger partial charge in [0.1, 0.15) is 18.0 Å². The van der Waals surface area contributed by atoms with Crippen molar-refractivity contribution in [3.63, 3.8) is 0 Å². The Kier molecular flexibility index (Phi) is 5.95. The van der Waals surface area contributed by atoms with E-state index in [0.29, 0.717) is 18.7 Å². The minimum Gasteiger partial charge on any atom is -0.477 e. The van der Waals surface area contributed by atoms with Crippen LogP contribution >= 0.6 is 0 Å². The van der Waals surface area contributed by atoms with Gasteiger partial charge in [-0.25, -0.2) is 14.6 Å². The Morgan fingerprint density at radius 2 is 1.65 bits per heavy atom. The molecule has 1 heterocycles. The number of aromatic nitrogens is 1. The average Bonchev–Trinajstić information content (AvgIpc) is 3.11. The van der Waals surface area contributed by atoms with E-state index in [-0.39, 0.29) is 18.2 Å². The molecule has 0 radical (unpaired) electrons. The van der Waals surface area contributed by atoms with Crippen LogP contribution in [0.15, 0.2) is 66.7 Å². The van der Waals surface area contributed by atoms with Crippen LogP contribution in [0.2, 0.25) is 0 Å². The maximum Gasteiger partial charge on any atom is 0.407 e. The molecule has 0 aliphatic heterocycles. The van der Waals surface area contributed by atoms with E-state index < -0.39 is 12.1 Å². The number of hydrogen-bond donors (Lipinski definition) is 2. The molecule has 31 heavy (non-hydrogen) atoms. The Bertz CT molecular complexity index is 1150. The van der Waals surface area contributed by atoms with E-state index in [4.69, 9.17) is 9.84 Å². The van der Waals surface area contributed by atoms with Crippen LogP contribution in [-0.4, -0.2) is 35.3 Å². The predicted octanol–water partition coefficient (Wildman–Crippen LogP) is 4.06. The van der Waals surface area contributed by atoms with Crippen LogP contribution in [0.5, 0.6) is 0 Å². The highest BCUT2D eigenvalue weighted by atomic mass is 16.5. The fourth-order valence-corrected chi connectivity index (χ4v) is 3.65. The van der Waals surface area contributed by atoms with Gasteiger partial charge in [-0.05, 0) is 40.3 Å². The second kappa shape index (κ2) is 9.14. The van der Waals surface area contributed by atoms with Crippen LogP contribution in [0.3, 0.4) is 0 Å². The van der Waals surface area contributed by atoms with Crippen molar-refractivity contribution in [1.29, 1.82) is 0 Å². The first-order valence-corrected chi connectivity index (χ1v) is 9.91. The summed E-state index contributed by atoms with van der Waals surface area (Å²) in [7, 11) is 0. The van der Waals surface area contributed by atoms with E-state index in [0.717, 1.165) is 0 Å². The van der Waals surface area contributed by atoms with Gasteiger partial charge in [-0.3, -0.25) is 0 Å². The molecule has 6 heteroatoms. The maximum atomic E-state index is 12.1. The van der Waals surface area contributed by atoms with Crippen molar-refractivity contribution in [3.05, 3.63) is 89.2 Å². The summed E-state index contributed by atoms with van der Waals surface area (Å²) in [5.74, 6) is 4.59. The lowest BCUT2D eigenvalue weighted by Gasteiger charge is -2.14. The number of nitrogens with one attached hydrogen (secondary N) is 1. The van der Waals surface area contributed by atoms with Crippen LogP contribution in [0, 0.1) is 11.8 Å². The van der Waals surface area contributed by atoms with Gasteiger partial charge in [0.25, 0.3) is 0 Å². The summed E-state index contributed by atoms with van der Waals surface area (Å²) < 4.78 is 5.47. The molecule has 3 aromatic rings. The highest BCUT2D eigenvalue weighted by Crippen LogP contribution is 2.44. The highest BCUT2D eigenvalue weighted by molar-refractivity contribution is 5.85. The summed E-state index contributed by atoms with van der Waals surface area (Å²) in [6, 6.07) is 21.0. The summed E-state index contributed by atoms with van der Waals surface area (Å²) in [5.41, 5.74) is 5.02. The van der Waals surface area contributed by atoms with Crippen LogP contribution < -0.4 is 5.32 Å². The van der Waals surface area contributed by atoms with E-state index in [2.05, 4.69) is 46.4 Å². The SMILES string of the molecule is O=C(NCCC#Cc1cccc(C(=O)O)n1)OCC1c2ccccc2-c2ccccc21. The third-order valence-corrected chi connectivity index (χ3v) is 5.05. The molecule has 1 aliphatic rings. The van der Waals surface area contributed by atoms with E-state index in [1.54, 1.807) is 12.1 Å². The molecule has 1 amide bonds. The zero-order valence-electron chi connectivity index (χ0n) is 16.7. The van der Waals surface area contributed by atoms with Gasteiger partial charge in [0.15, 0.2) is 0 Å². The fraction of sp³-hybridized carbons (Fsp3) is 0.160. The van der Waals surface area contributed by atoms with Gasteiger partial charge in [0.05, 0.1) is 0 Å². The molecular formula is C25H20N2O4. The second-order valence-corrected chi connectivity index (χ2v) is 7.02. The van der Waals surface area contributed by atoms with Crippen LogP contribution in [-0.2, 0) is 4.74 Å². The Balaban J connectivity index is 1.28. The molecule has 6 nitrogen and oxygen atoms in total. The monoisotopic (exact) mass is 412 g/mol. The Hall–Kier alpha value is -4.11. The number of alkyl carbamates (subject to hydrolysis) is 1. The van der Waals surface area contributed by atoms with Gasteiger partial charge in [0, 0.05) is 18.9 Å². The van der Waals surface area contributed by atoms with Crippen molar-refractivity contribution in [1.82, 2.24) is 10.3 Å². The molecule has 0 unspecified atom stereocenters. The zero-order valence-corrected chi connectivity index (χ0v) is 16.7. The summed E-state index contributed by atoms with van der Waals surface area (Å²) in [6.45, 7) is 0.583. The number of carbonyl (C=O) groups is 2. The first-order valence-electron chi connectivity index (χ1n) is 9.91. The molecule has 154 valence electrons. The fourth-order valence-electron chi connectivity index (χ4n) is 3.65. The summed E-state index contributed by atoms with van der Waals surface area (Å²) in [6.07, 6.45) is -0.0990. The van der Waals surface area contributed by atoms with Crippen LogP contribution in [0.1, 0.15) is 39.6 Å². The predicted molar refractivity (Wildman–Crippen MR) is 116 cm³/mol. The molecule has 0 atom stereocenters. The van der Waals surface area contributed by atoms with Crippen molar-refractivity contribution in [2.24, 2.45) is 0 Å². The number of carbonyl (C=O) groups excluding carboxylic acids is 1. The molecule has 1 aromatic heterocycles. The molecule has 1 aliphatic carbocycles. The minimum absolute atomic E-state index is 0.0190. The van der Waals surface area contributed by atoms with Crippen LogP contribution in [0.25, 0.3) is 11.1 Å². The number of ether oxygens (including phenoxy) is 1. The number of carboxylic acid groups (broad SMARTS) is 1. The summed E-state index contributed by atoms with van der Waals surface area (Å²) >= 11 is 0. The topological polar surface area (TPSA) is 88.5 Å². The van der Waals surface area contributed by atoms with Crippen molar-refractivity contribution in [2.45, 2.75) is 12.3 Å². The lowest BCUT2D eigenvalue weighted by Crippen LogP contribution is -2.26. The Morgan fingerprint density at radius 3 is 2.32 bits per heavy atom. The quantitative estimate of drug-likeness (QED) is 0.487. The number of nitrogens with zero attached hydrogens (tertiary/aromatic N) is 1. The van der Waals surface area contributed by atoms with Crippen molar-refractivity contribution in [2.75, 3.05) is 13.2 Å². The average molecular weight is 412 g/mol. The molecule has 0 saturated carbocycles. The first-order chi connectivity index (χ1) is 15.1. The third-order valence-electron chi connectivity index (χ3n) is 5.05. The van der Waals surface area contributed by atoms with Gasteiger partial charge in [-0.15, -0.1) is 0 Å². The molecule has 4 rings (SSSR count). The second-order valence-electron chi connectivity index (χ2n) is 7.02.